The molecule has 6 heteroatoms. The smallest absolute Gasteiger partial charge is 0.346 e. The molecule has 5 nitrogen and oxygen atoms in total. The maximum absolute atomic E-state index is 10.8. The van der Waals surface area contributed by atoms with Crippen molar-refractivity contribution in [2.75, 3.05) is 11.9 Å². The molecule has 0 radical (unpaired) electrons. The van der Waals surface area contributed by atoms with Crippen LogP contribution < -0.4 is 10.1 Å². The maximum atomic E-state index is 10.8. The van der Waals surface area contributed by atoms with Gasteiger partial charge in [0.1, 0.15) is 4.88 Å². The summed E-state index contributed by atoms with van der Waals surface area (Å²) in [6, 6.07) is 1.39. The highest BCUT2D eigenvalue weighted by Gasteiger charge is 2.21. The Balaban J connectivity index is 2.39. The first-order valence-corrected chi connectivity index (χ1v) is 4.28. The lowest BCUT2D eigenvalue weighted by Gasteiger charge is -2.12. The van der Waals surface area contributed by atoms with Gasteiger partial charge in [-0.05, 0) is 6.07 Å². The number of ether oxygens (including phenoxy) is 1. The van der Waals surface area contributed by atoms with Crippen molar-refractivity contribution < 1.29 is 19.4 Å². The molecule has 0 aliphatic carbocycles. The lowest BCUT2D eigenvalue weighted by Crippen LogP contribution is -2.24. The average Bonchev–Trinajstić information content (AvgIpc) is 2.46. The van der Waals surface area contributed by atoms with Crippen molar-refractivity contribution >= 4 is 28.9 Å². The van der Waals surface area contributed by atoms with Gasteiger partial charge >= 0.3 is 5.97 Å². The average molecular weight is 199 g/mol. The number of anilines is 1. The fourth-order valence-corrected chi connectivity index (χ4v) is 1.79. The second-order valence-corrected chi connectivity index (χ2v) is 3.47. The third-order valence-corrected chi connectivity index (χ3v) is 2.55. The van der Waals surface area contributed by atoms with Crippen LogP contribution in [0.15, 0.2) is 6.07 Å². The monoisotopic (exact) mass is 199 g/mol. The molecule has 68 valence electrons. The Hall–Kier alpha value is -1.56. The summed E-state index contributed by atoms with van der Waals surface area (Å²) in [6.45, 7) is -0.0490. The standard InChI is InChI=1S/C7H5NO4S/c9-5-2-12-7-3(8-5)1-4(13-7)6(10)11/h1H,2H2,(H,8,9)(H,10,11). The molecule has 1 aliphatic rings. The molecule has 13 heavy (non-hydrogen) atoms. The van der Waals surface area contributed by atoms with E-state index in [1.54, 1.807) is 0 Å². The number of carbonyl (C=O) groups is 2. The Kier molecular flexibility index (Phi) is 1.70. The fourth-order valence-electron chi connectivity index (χ4n) is 0.991. The van der Waals surface area contributed by atoms with E-state index in [1.807, 2.05) is 0 Å². The van der Waals surface area contributed by atoms with E-state index in [0.29, 0.717) is 10.8 Å². The number of hydrogen-bond acceptors (Lipinski definition) is 4. The van der Waals surface area contributed by atoms with Crippen LogP contribution in [0.4, 0.5) is 5.69 Å². The molecule has 0 spiro atoms. The molecule has 0 saturated carbocycles. The number of hydrogen-bond donors (Lipinski definition) is 2. The number of thiophene rings is 1. The first-order valence-electron chi connectivity index (χ1n) is 3.46. The van der Waals surface area contributed by atoms with Crippen LogP contribution in [-0.2, 0) is 4.79 Å². The van der Waals surface area contributed by atoms with Crippen LogP contribution in [0.1, 0.15) is 9.67 Å². The van der Waals surface area contributed by atoms with Gasteiger partial charge < -0.3 is 15.2 Å². The van der Waals surface area contributed by atoms with Gasteiger partial charge in [-0.25, -0.2) is 4.79 Å². The van der Waals surface area contributed by atoms with Crippen molar-refractivity contribution in [2.24, 2.45) is 0 Å². The van der Waals surface area contributed by atoms with Gasteiger partial charge in [-0.15, -0.1) is 0 Å². The minimum Gasteiger partial charge on any atom is -0.477 e. The quantitative estimate of drug-likeness (QED) is 0.700. The normalized spacial score (nSPS) is 14.3. The molecular formula is C7H5NO4S. The van der Waals surface area contributed by atoms with E-state index in [2.05, 4.69) is 5.32 Å². The van der Waals surface area contributed by atoms with Gasteiger partial charge in [-0.2, -0.15) is 0 Å². The number of fused-ring (bicyclic) bond motifs is 1. The Morgan fingerprint density at radius 1 is 1.69 bits per heavy atom. The zero-order chi connectivity index (χ0) is 9.42. The second-order valence-electron chi connectivity index (χ2n) is 2.45. The molecule has 1 aliphatic heterocycles. The van der Waals surface area contributed by atoms with Crippen molar-refractivity contribution in [3.63, 3.8) is 0 Å². The van der Waals surface area contributed by atoms with E-state index >= 15 is 0 Å². The predicted octanol–water partition coefficient (Wildman–Crippen LogP) is 0.777. The Labute approximate surface area is 76.9 Å². The van der Waals surface area contributed by atoms with E-state index < -0.39 is 5.97 Å². The number of aromatic carboxylic acids is 1. The molecule has 1 aromatic rings. The highest BCUT2D eigenvalue weighted by Crippen LogP contribution is 2.36. The lowest BCUT2D eigenvalue weighted by atomic mass is 10.4. The molecule has 1 amide bonds. The molecule has 0 bridgehead atoms. The van der Waals surface area contributed by atoms with Crippen LogP contribution in [0.2, 0.25) is 0 Å². The minimum absolute atomic E-state index is 0.0490. The first kappa shape index (κ1) is 8.06. The Morgan fingerprint density at radius 3 is 3.15 bits per heavy atom. The van der Waals surface area contributed by atoms with Crippen molar-refractivity contribution in [1.29, 1.82) is 0 Å². The van der Waals surface area contributed by atoms with Crippen molar-refractivity contribution in [2.45, 2.75) is 0 Å². The van der Waals surface area contributed by atoms with Gasteiger partial charge in [0.15, 0.2) is 11.7 Å². The SMILES string of the molecule is O=C1COc2sc(C(=O)O)cc2N1. The van der Waals surface area contributed by atoms with Gasteiger partial charge in [-0.3, -0.25) is 4.79 Å². The summed E-state index contributed by atoms with van der Waals surface area (Å²) in [4.78, 5) is 21.5. The van der Waals surface area contributed by atoms with Gasteiger partial charge in [0, 0.05) is 0 Å². The molecule has 0 fully saturated rings. The first-order chi connectivity index (χ1) is 6.16. The van der Waals surface area contributed by atoms with E-state index in [0.717, 1.165) is 11.3 Å². The summed E-state index contributed by atoms with van der Waals surface area (Å²) < 4.78 is 5.01. The van der Waals surface area contributed by atoms with Crippen molar-refractivity contribution in [3.05, 3.63) is 10.9 Å². The molecular weight excluding hydrogens is 194 g/mol. The summed E-state index contributed by atoms with van der Waals surface area (Å²) in [5.41, 5.74) is 0.443. The minimum atomic E-state index is -1.02. The summed E-state index contributed by atoms with van der Waals surface area (Å²) in [5.74, 6) is -1.28. The maximum Gasteiger partial charge on any atom is 0.346 e. The zero-order valence-electron chi connectivity index (χ0n) is 6.36. The van der Waals surface area contributed by atoms with Gasteiger partial charge in [0.05, 0.1) is 5.69 Å². The van der Waals surface area contributed by atoms with Gasteiger partial charge in [0.25, 0.3) is 5.91 Å². The van der Waals surface area contributed by atoms with Crippen LogP contribution in [0.25, 0.3) is 0 Å². The van der Waals surface area contributed by atoms with Crippen LogP contribution in [-0.4, -0.2) is 23.6 Å². The van der Waals surface area contributed by atoms with Crippen LogP contribution in [0.5, 0.6) is 5.06 Å². The molecule has 0 aromatic carbocycles. The number of amides is 1. The van der Waals surface area contributed by atoms with Crippen molar-refractivity contribution in [1.82, 2.24) is 0 Å². The molecule has 1 aromatic heterocycles. The van der Waals surface area contributed by atoms with E-state index in [4.69, 9.17) is 9.84 Å². The summed E-state index contributed by atoms with van der Waals surface area (Å²) in [5, 5.41) is 11.6. The highest BCUT2D eigenvalue weighted by molar-refractivity contribution is 7.16. The summed E-state index contributed by atoms with van der Waals surface area (Å²) in [6.07, 6.45) is 0. The summed E-state index contributed by atoms with van der Waals surface area (Å²) in [7, 11) is 0. The van der Waals surface area contributed by atoms with E-state index in [9.17, 15) is 9.59 Å². The zero-order valence-corrected chi connectivity index (χ0v) is 7.18. The van der Waals surface area contributed by atoms with Crippen molar-refractivity contribution in [3.8, 4) is 5.06 Å². The molecule has 0 unspecified atom stereocenters. The van der Waals surface area contributed by atoms with E-state index in [-0.39, 0.29) is 17.4 Å². The Morgan fingerprint density at radius 2 is 2.46 bits per heavy atom. The topological polar surface area (TPSA) is 75.6 Å². The fraction of sp³-hybridized carbons (Fsp3) is 0.143. The molecule has 0 atom stereocenters. The van der Waals surface area contributed by atoms with Crippen LogP contribution >= 0.6 is 11.3 Å². The molecule has 0 saturated heterocycles. The molecule has 2 rings (SSSR count). The predicted molar refractivity (Wildman–Crippen MR) is 45.4 cm³/mol. The van der Waals surface area contributed by atoms with Gasteiger partial charge in [0.2, 0.25) is 0 Å². The number of carboxylic acids is 1. The Bertz CT molecular complexity index is 384. The lowest BCUT2D eigenvalue weighted by molar-refractivity contribution is -0.118. The third kappa shape index (κ3) is 1.35. The van der Waals surface area contributed by atoms with E-state index in [1.165, 1.54) is 6.07 Å². The number of carboxylic acid groups (broad SMARTS) is 1. The van der Waals surface area contributed by atoms with Crippen LogP contribution in [0.3, 0.4) is 0 Å². The van der Waals surface area contributed by atoms with Gasteiger partial charge in [-0.1, -0.05) is 11.3 Å². The van der Waals surface area contributed by atoms with Crippen LogP contribution in [0, 0.1) is 0 Å². The second kappa shape index (κ2) is 2.74. The molecule has 2 N–H and O–H groups in total. The number of nitrogens with one attached hydrogen (secondary N) is 1. The number of carbonyl (C=O) groups excluding carboxylic acids is 1. The summed E-state index contributed by atoms with van der Waals surface area (Å²) >= 11 is 1.01. The highest BCUT2D eigenvalue weighted by atomic mass is 32.1. The molecule has 2 heterocycles. The number of rotatable bonds is 1. The third-order valence-electron chi connectivity index (χ3n) is 1.52. The largest absolute Gasteiger partial charge is 0.477 e.